The van der Waals surface area contributed by atoms with E-state index in [0.29, 0.717) is 0 Å². The smallest absolute Gasteiger partial charge is 0.291 e. The first-order chi connectivity index (χ1) is 12.9. The first kappa shape index (κ1) is 20.6. The van der Waals surface area contributed by atoms with E-state index in [0.717, 1.165) is 6.08 Å². The maximum absolute atomic E-state index is 12.1. The van der Waals surface area contributed by atoms with Gasteiger partial charge in [0.05, 0.1) is 25.9 Å². The molecule has 0 amide bonds. The first-order valence-electron chi connectivity index (χ1n) is 8.14. The number of Topliss-reactive ketones (excluding diaryl/α,β-unsaturated/α-hetero) is 1. The molecule has 2 aliphatic rings. The fourth-order valence-electron chi connectivity index (χ4n) is 2.33. The molecular formula is C18H20O9. The zero-order valence-corrected chi connectivity index (χ0v) is 14.8. The van der Waals surface area contributed by atoms with Gasteiger partial charge in [0.25, 0.3) is 11.7 Å². The van der Waals surface area contributed by atoms with Crippen molar-refractivity contribution >= 4 is 17.3 Å². The van der Waals surface area contributed by atoms with E-state index < -0.39 is 24.0 Å². The summed E-state index contributed by atoms with van der Waals surface area (Å²) in [4.78, 5) is 35.7. The normalized spacial score (nSPS) is 22.0. The Morgan fingerprint density at radius 2 is 1.85 bits per heavy atom. The van der Waals surface area contributed by atoms with Crippen molar-refractivity contribution in [2.75, 3.05) is 20.3 Å². The molecule has 27 heavy (non-hydrogen) atoms. The Morgan fingerprint density at radius 3 is 2.48 bits per heavy atom. The number of rotatable bonds is 8. The van der Waals surface area contributed by atoms with Gasteiger partial charge in [0.15, 0.2) is 11.5 Å². The van der Waals surface area contributed by atoms with Gasteiger partial charge in [0, 0.05) is 12.2 Å². The summed E-state index contributed by atoms with van der Waals surface area (Å²) in [5.74, 6) is -2.73. The maximum atomic E-state index is 12.1. The highest BCUT2D eigenvalue weighted by Crippen LogP contribution is 2.25. The molecule has 1 aliphatic heterocycles. The first-order valence-corrected chi connectivity index (χ1v) is 8.14. The summed E-state index contributed by atoms with van der Waals surface area (Å²) in [5.41, 5.74) is 0.182. The van der Waals surface area contributed by atoms with Crippen molar-refractivity contribution in [3.05, 3.63) is 47.3 Å². The summed E-state index contributed by atoms with van der Waals surface area (Å²) in [6.45, 7) is 0.990. The Hall–Kier alpha value is -2.75. The van der Waals surface area contributed by atoms with Gasteiger partial charge in [0.2, 0.25) is 17.9 Å². The molecule has 1 heterocycles. The summed E-state index contributed by atoms with van der Waals surface area (Å²) < 4.78 is 21.0. The van der Waals surface area contributed by atoms with Crippen LogP contribution in [0.15, 0.2) is 47.3 Å². The molecule has 2 unspecified atom stereocenters. The van der Waals surface area contributed by atoms with Gasteiger partial charge in [0.1, 0.15) is 0 Å². The second-order valence-electron chi connectivity index (χ2n) is 5.59. The molecule has 0 aromatic rings. The highest BCUT2D eigenvalue weighted by molar-refractivity contribution is 6.47. The number of carbonyl (C=O) groups excluding carboxylic acids is 3. The van der Waals surface area contributed by atoms with Crippen LogP contribution in [-0.2, 0) is 33.3 Å². The molecule has 0 aromatic heterocycles. The van der Waals surface area contributed by atoms with E-state index in [1.54, 1.807) is 0 Å². The summed E-state index contributed by atoms with van der Waals surface area (Å²) in [7, 11) is 1.30. The Morgan fingerprint density at radius 1 is 1.11 bits per heavy atom. The van der Waals surface area contributed by atoms with Crippen molar-refractivity contribution in [3.63, 3.8) is 0 Å². The quantitative estimate of drug-likeness (QED) is 0.341. The largest absolute Gasteiger partial charge is 0.493 e. The predicted octanol–water partition coefficient (Wildman–Crippen LogP) is 0.0420. The monoisotopic (exact) mass is 380 g/mol. The van der Waals surface area contributed by atoms with Gasteiger partial charge in [-0.25, -0.2) is 0 Å². The Bertz CT molecular complexity index is 742. The van der Waals surface area contributed by atoms with E-state index in [9.17, 15) is 19.5 Å². The van der Waals surface area contributed by atoms with Gasteiger partial charge in [-0.15, -0.1) is 0 Å². The summed E-state index contributed by atoms with van der Waals surface area (Å²) >= 11 is 0. The van der Waals surface area contributed by atoms with Gasteiger partial charge in [-0.3, -0.25) is 14.4 Å². The molecule has 0 saturated heterocycles. The average Bonchev–Trinajstić information content (AvgIpc) is 2.64. The minimum atomic E-state index is -0.930. The van der Waals surface area contributed by atoms with Crippen LogP contribution in [0, 0.1) is 0 Å². The number of allylic oxidation sites excluding steroid dienone is 6. The van der Waals surface area contributed by atoms with Crippen LogP contribution in [0.5, 0.6) is 0 Å². The number of carbonyl (C=O) groups is 3. The molecule has 2 N–H and O–H groups in total. The second kappa shape index (κ2) is 9.26. The van der Waals surface area contributed by atoms with Crippen molar-refractivity contribution in [2.45, 2.75) is 25.7 Å². The van der Waals surface area contributed by atoms with Crippen LogP contribution < -0.4 is 0 Å². The summed E-state index contributed by atoms with van der Waals surface area (Å²) in [6.07, 6.45) is 3.29. The lowest BCUT2D eigenvalue weighted by Gasteiger charge is -2.24. The Balaban J connectivity index is 2.18. The number of methoxy groups -OCH3 is 1. The van der Waals surface area contributed by atoms with Crippen molar-refractivity contribution in [3.8, 4) is 0 Å². The predicted molar refractivity (Wildman–Crippen MR) is 89.7 cm³/mol. The second-order valence-corrected chi connectivity index (χ2v) is 5.59. The fourth-order valence-corrected chi connectivity index (χ4v) is 2.33. The average molecular weight is 380 g/mol. The maximum Gasteiger partial charge on any atom is 0.291 e. The van der Waals surface area contributed by atoms with E-state index in [1.165, 1.54) is 32.3 Å². The molecule has 2 atom stereocenters. The van der Waals surface area contributed by atoms with E-state index in [-0.39, 0.29) is 48.5 Å². The third-order valence-electron chi connectivity index (χ3n) is 3.63. The van der Waals surface area contributed by atoms with E-state index >= 15 is 0 Å². The highest BCUT2D eigenvalue weighted by atomic mass is 16.8. The zero-order chi connectivity index (χ0) is 20.0. The Kier molecular flexibility index (Phi) is 7.05. The molecule has 9 nitrogen and oxygen atoms in total. The molecule has 1 aliphatic carbocycles. The number of hydrogen-bond acceptors (Lipinski definition) is 9. The van der Waals surface area contributed by atoms with Crippen molar-refractivity contribution < 1.29 is 43.5 Å². The lowest BCUT2D eigenvalue weighted by Crippen LogP contribution is -2.29. The lowest BCUT2D eigenvalue weighted by atomic mass is 10.0. The van der Waals surface area contributed by atoms with Crippen molar-refractivity contribution in [2.24, 2.45) is 0 Å². The van der Waals surface area contributed by atoms with Crippen LogP contribution in [0.2, 0.25) is 0 Å². The van der Waals surface area contributed by atoms with Crippen LogP contribution in [0.1, 0.15) is 13.3 Å². The molecule has 0 aromatic carbocycles. The fraction of sp³-hybridized carbons (Fsp3) is 0.389. The molecule has 2 rings (SSSR count). The minimum Gasteiger partial charge on any atom is -0.493 e. The van der Waals surface area contributed by atoms with Gasteiger partial charge >= 0.3 is 0 Å². The van der Waals surface area contributed by atoms with Crippen LogP contribution in [0.25, 0.3) is 0 Å². The topological polar surface area (TPSA) is 129 Å². The molecule has 0 radical (unpaired) electrons. The standard InChI is InChI=1S/C18H20O9/c1-10(25-12(9-20)5-6-19)26-16-8-14(22)17(23)18(27-16)11-3-4-13(21)15(7-11)24-2/h3-4,7-8,10,12,19-20H,5-6,9H2,1-2H3/b18-11-. The molecule has 146 valence electrons. The number of ether oxygens (including phenoxy) is 4. The van der Waals surface area contributed by atoms with Crippen molar-refractivity contribution in [1.82, 2.24) is 0 Å². The summed E-state index contributed by atoms with van der Waals surface area (Å²) in [6, 6.07) is 0. The third kappa shape index (κ3) is 5.13. The molecule has 0 saturated carbocycles. The Labute approximate surface area is 155 Å². The lowest BCUT2D eigenvalue weighted by molar-refractivity contribution is -0.174. The number of aliphatic hydroxyl groups excluding tert-OH is 2. The van der Waals surface area contributed by atoms with E-state index in [2.05, 4.69) is 0 Å². The molecular weight excluding hydrogens is 360 g/mol. The molecule has 0 spiro atoms. The van der Waals surface area contributed by atoms with E-state index in [4.69, 9.17) is 24.1 Å². The third-order valence-corrected chi connectivity index (χ3v) is 3.63. The van der Waals surface area contributed by atoms with Crippen LogP contribution in [0.4, 0.5) is 0 Å². The SMILES string of the molecule is COC1=C/C(=C2\OC(OC(C)OC(CO)CCO)=CC(=O)C2=O)C=CC1=O. The highest BCUT2D eigenvalue weighted by Gasteiger charge is 2.31. The minimum absolute atomic E-state index is 0.00707. The van der Waals surface area contributed by atoms with Gasteiger partial charge in [-0.05, 0) is 31.6 Å². The van der Waals surface area contributed by atoms with Crippen molar-refractivity contribution in [1.29, 1.82) is 0 Å². The number of aliphatic hydroxyl groups is 2. The zero-order valence-electron chi connectivity index (χ0n) is 14.8. The number of hydrogen-bond donors (Lipinski definition) is 2. The van der Waals surface area contributed by atoms with Crippen LogP contribution in [-0.4, -0.2) is 60.3 Å². The van der Waals surface area contributed by atoms with Crippen LogP contribution in [0.3, 0.4) is 0 Å². The van der Waals surface area contributed by atoms with Crippen LogP contribution >= 0.6 is 0 Å². The van der Waals surface area contributed by atoms with Gasteiger partial charge in [-0.2, -0.15) is 0 Å². The van der Waals surface area contributed by atoms with Gasteiger partial charge < -0.3 is 29.2 Å². The number of ketones is 3. The van der Waals surface area contributed by atoms with E-state index in [1.807, 2.05) is 0 Å². The molecule has 0 bridgehead atoms. The molecule has 0 fully saturated rings. The summed E-state index contributed by atoms with van der Waals surface area (Å²) in [5, 5.41) is 18.1. The van der Waals surface area contributed by atoms with Gasteiger partial charge in [-0.1, -0.05) is 0 Å². The molecule has 9 heteroatoms.